The van der Waals surface area contributed by atoms with Crippen LogP contribution >= 0.6 is 0 Å². The number of carbonyl (C=O) groups excluding carboxylic acids is 1. The molecule has 9 heteroatoms. The van der Waals surface area contributed by atoms with Crippen molar-refractivity contribution in [2.45, 2.75) is 44.1 Å². The minimum atomic E-state index is -3.62. The molecule has 8 nitrogen and oxygen atoms in total. The maximum Gasteiger partial charge on any atom is 0.337 e. The van der Waals surface area contributed by atoms with Crippen LogP contribution in [0.15, 0.2) is 23.1 Å². The van der Waals surface area contributed by atoms with Crippen molar-refractivity contribution in [1.29, 1.82) is 0 Å². The fraction of sp³-hybridized carbons (Fsp3) is 0.556. The lowest BCUT2D eigenvalue weighted by Crippen LogP contribution is -2.49. The number of hydrogen-bond acceptors (Lipinski definition) is 5. The van der Waals surface area contributed by atoms with Crippen molar-refractivity contribution in [3.63, 3.8) is 0 Å². The van der Waals surface area contributed by atoms with Crippen molar-refractivity contribution in [3.05, 3.63) is 29.3 Å². The fourth-order valence-electron chi connectivity index (χ4n) is 3.07. The van der Waals surface area contributed by atoms with E-state index in [0.717, 1.165) is 12.5 Å². The third kappa shape index (κ3) is 4.85. The zero-order valence-electron chi connectivity index (χ0n) is 15.7. The molecule has 1 aliphatic rings. The molecule has 0 aliphatic carbocycles. The molecule has 1 fully saturated rings. The average Bonchev–Trinajstić information content (AvgIpc) is 2.59. The molecule has 1 atom stereocenters. The second-order valence-corrected chi connectivity index (χ2v) is 9.15. The maximum absolute atomic E-state index is 12.9. The van der Waals surface area contributed by atoms with Crippen LogP contribution < -0.4 is 5.32 Å². The number of carboxylic acids is 1. The van der Waals surface area contributed by atoms with Gasteiger partial charge >= 0.3 is 5.97 Å². The average molecular weight is 398 g/mol. The first-order chi connectivity index (χ1) is 12.4. The van der Waals surface area contributed by atoms with E-state index in [0.29, 0.717) is 18.4 Å². The lowest BCUT2D eigenvalue weighted by molar-refractivity contribution is -0.156. The summed E-state index contributed by atoms with van der Waals surface area (Å²) >= 11 is 0. The SMILES string of the molecule is Cc1ccc(S(=O)(=O)N2CCC(C(=O)NCC(C)(O)C(=O)O)CC2)c(C)c1. The van der Waals surface area contributed by atoms with Gasteiger partial charge in [-0.3, -0.25) is 4.79 Å². The fourth-order valence-corrected chi connectivity index (χ4v) is 4.74. The van der Waals surface area contributed by atoms with Gasteiger partial charge < -0.3 is 15.5 Å². The summed E-state index contributed by atoms with van der Waals surface area (Å²) < 4.78 is 27.1. The van der Waals surface area contributed by atoms with Gasteiger partial charge in [0, 0.05) is 19.0 Å². The van der Waals surface area contributed by atoms with Gasteiger partial charge in [0.15, 0.2) is 5.60 Å². The molecular formula is C18H26N2O6S. The molecule has 0 radical (unpaired) electrons. The highest BCUT2D eigenvalue weighted by atomic mass is 32.2. The number of piperidine rings is 1. The predicted molar refractivity (Wildman–Crippen MR) is 98.7 cm³/mol. The molecule has 0 spiro atoms. The number of rotatable bonds is 6. The van der Waals surface area contributed by atoms with Crippen molar-refractivity contribution < 1.29 is 28.2 Å². The quantitative estimate of drug-likeness (QED) is 0.647. The first-order valence-electron chi connectivity index (χ1n) is 8.76. The van der Waals surface area contributed by atoms with E-state index in [1.807, 2.05) is 13.0 Å². The van der Waals surface area contributed by atoms with Crippen LogP contribution in [0.3, 0.4) is 0 Å². The van der Waals surface area contributed by atoms with Crippen LogP contribution in [0.25, 0.3) is 0 Å². The third-order valence-electron chi connectivity index (χ3n) is 4.84. The van der Waals surface area contributed by atoms with Gasteiger partial charge in [-0.15, -0.1) is 0 Å². The van der Waals surface area contributed by atoms with Gasteiger partial charge in [-0.1, -0.05) is 17.7 Å². The van der Waals surface area contributed by atoms with Crippen LogP contribution in [-0.2, 0) is 19.6 Å². The second-order valence-electron chi connectivity index (χ2n) is 7.24. The number of aliphatic carboxylic acids is 1. The normalized spacial score (nSPS) is 18.7. The van der Waals surface area contributed by atoms with Crippen LogP contribution in [0.2, 0.25) is 0 Å². The number of nitrogens with zero attached hydrogens (tertiary/aromatic N) is 1. The number of hydrogen-bond donors (Lipinski definition) is 3. The number of benzene rings is 1. The van der Waals surface area contributed by atoms with E-state index in [2.05, 4.69) is 5.32 Å². The Hall–Kier alpha value is -1.97. The van der Waals surface area contributed by atoms with Crippen molar-refractivity contribution in [1.82, 2.24) is 9.62 Å². The number of aliphatic hydroxyl groups is 1. The van der Waals surface area contributed by atoms with E-state index in [1.165, 1.54) is 4.31 Å². The number of sulfonamides is 1. The standard InChI is InChI=1S/C18H26N2O6S/c1-12-4-5-15(13(2)10-12)27(25,26)20-8-6-14(7-9-20)16(21)19-11-18(3,24)17(22)23/h4-5,10,14,24H,6-9,11H2,1-3H3,(H,19,21)(H,22,23). The van der Waals surface area contributed by atoms with Gasteiger partial charge in [-0.05, 0) is 45.2 Å². The van der Waals surface area contributed by atoms with Gasteiger partial charge in [-0.2, -0.15) is 4.31 Å². The van der Waals surface area contributed by atoms with Crippen molar-refractivity contribution in [2.24, 2.45) is 5.92 Å². The van der Waals surface area contributed by atoms with Crippen molar-refractivity contribution in [3.8, 4) is 0 Å². The highest BCUT2D eigenvalue weighted by Gasteiger charge is 2.35. The van der Waals surface area contributed by atoms with Crippen LogP contribution in [0.5, 0.6) is 0 Å². The second kappa shape index (κ2) is 7.95. The summed E-state index contributed by atoms with van der Waals surface area (Å²) in [5.41, 5.74) is -0.368. The Labute approximate surface area is 159 Å². The first kappa shape index (κ1) is 21.3. The summed E-state index contributed by atoms with van der Waals surface area (Å²) in [4.78, 5) is 23.3. The molecule has 1 saturated heterocycles. The number of nitrogens with one attached hydrogen (secondary N) is 1. The Bertz CT molecular complexity index is 826. The third-order valence-corrected chi connectivity index (χ3v) is 6.90. The number of aryl methyl sites for hydroxylation is 2. The van der Waals surface area contributed by atoms with E-state index in [4.69, 9.17) is 5.11 Å². The number of carbonyl (C=O) groups is 2. The Kier molecular flexibility index (Phi) is 6.28. The topological polar surface area (TPSA) is 124 Å². The van der Waals surface area contributed by atoms with E-state index >= 15 is 0 Å². The number of amides is 1. The van der Waals surface area contributed by atoms with Crippen LogP contribution in [0.4, 0.5) is 0 Å². The Morgan fingerprint density at radius 1 is 1.26 bits per heavy atom. The molecule has 0 aromatic heterocycles. The summed E-state index contributed by atoms with van der Waals surface area (Å²) in [7, 11) is -3.62. The molecule has 1 heterocycles. The molecule has 27 heavy (non-hydrogen) atoms. The smallest absolute Gasteiger partial charge is 0.337 e. The van der Waals surface area contributed by atoms with Gasteiger partial charge in [0.2, 0.25) is 15.9 Å². The van der Waals surface area contributed by atoms with Gasteiger partial charge in [0.25, 0.3) is 0 Å². The molecule has 150 valence electrons. The predicted octanol–water partition coefficient (Wildman–Crippen LogP) is 0.656. The zero-order chi connectivity index (χ0) is 20.4. The molecule has 1 aliphatic heterocycles. The molecule has 3 N–H and O–H groups in total. The molecular weight excluding hydrogens is 372 g/mol. The Morgan fingerprint density at radius 3 is 2.37 bits per heavy atom. The van der Waals surface area contributed by atoms with E-state index < -0.39 is 34.1 Å². The van der Waals surface area contributed by atoms with Gasteiger partial charge in [0.1, 0.15) is 0 Å². The lowest BCUT2D eigenvalue weighted by Gasteiger charge is -2.31. The summed E-state index contributed by atoms with van der Waals surface area (Å²) in [6.45, 7) is 4.78. The van der Waals surface area contributed by atoms with Crippen molar-refractivity contribution in [2.75, 3.05) is 19.6 Å². The minimum absolute atomic E-state index is 0.211. The summed E-state index contributed by atoms with van der Waals surface area (Å²) in [5, 5.41) is 21.0. The number of carboxylic acid groups (broad SMARTS) is 1. The van der Waals surface area contributed by atoms with Crippen LogP contribution in [0.1, 0.15) is 30.9 Å². The molecule has 2 rings (SSSR count). The largest absolute Gasteiger partial charge is 0.479 e. The summed E-state index contributed by atoms with van der Waals surface area (Å²) in [6.07, 6.45) is 0.677. The van der Waals surface area contributed by atoms with Gasteiger partial charge in [0.05, 0.1) is 11.4 Å². The van der Waals surface area contributed by atoms with Crippen LogP contribution in [0, 0.1) is 19.8 Å². The monoisotopic (exact) mass is 398 g/mol. The molecule has 1 amide bonds. The van der Waals surface area contributed by atoms with E-state index in [1.54, 1.807) is 19.1 Å². The van der Waals surface area contributed by atoms with E-state index in [-0.39, 0.29) is 23.9 Å². The lowest BCUT2D eigenvalue weighted by atomic mass is 9.97. The van der Waals surface area contributed by atoms with E-state index in [9.17, 15) is 23.1 Å². The molecule has 1 unspecified atom stereocenters. The Morgan fingerprint density at radius 2 is 1.85 bits per heavy atom. The molecule has 0 bridgehead atoms. The van der Waals surface area contributed by atoms with Gasteiger partial charge in [-0.25, -0.2) is 13.2 Å². The summed E-state index contributed by atoms with van der Waals surface area (Å²) in [5.74, 6) is -2.21. The molecule has 0 saturated carbocycles. The van der Waals surface area contributed by atoms with Crippen LogP contribution in [-0.4, -0.2) is 60.0 Å². The molecule has 1 aromatic carbocycles. The van der Waals surface area contributed by atoms with Crippen molar-refractivity contribution >= 4 is 21.9 Å². The molecule has 1 aromatic rings. The zero-order valence-corrected chi connectivity index (χ0v) is 16.5. The maximum atomic E-state index is 12.9. The highest BCUT2D eigenvalue weighted by molar-refractivity contribution is 7.89. The minimum Gasteiger partial charge on any atom is -0.479 e. The Balaban J connectivity index is 1.98. The highest BCUT2D eigenvalue weighted by Crippen LogP contribution is 2.26. The summed E-state index contributed by atoms with van der Waals surface area (Å²) in [6, 6.07) is 5.18. The first-order valence-corrected chi connectivity index (χ1v) is 10.2.